The molecule has 0 saturated heterocycles. The molecule has 0 amide bonds. The van der Waals surface area contributed by atoms with Gasteiger partial charge in [0.25, 0.3) is 0 Å². The lowest BCUT2D eigenvalue weighted by Crippen LogP contribution is -2.41. The first-order chi connectivity index (χ1) is 11.2. The van der Waals surface area contributed by atoms with Crippen molar-refractivity contribution in [2.75, 3.05) is 6.61 Å². The number of thiazole rings is 1. The summed E-state index contributed by atoms with van der Waals surface area (Å²) in [6.07, 6.45) is -2.32. The van der Waals surface area contributed by atoms with Crippen molar-refractivity contribution in [3.8, 4) is 16.3 Å². The Morgan fingerprint density at radius 2 is 1.92 bits per heavy atom. The Morgan fingerprint density at radius 3 is 2.46 bits per heavy atom. The van der Waals surface area contributed by atoms with Crippen molar-refractivity contribution >= 4 is 27.3 Å². The first-order valence-corrected chi connectivity index (χ1v) is 8.48. The number of aromatic nitrogens is 2. The van der Waals surface area contributed by atoms with E-state index in [-0.39, 0.29) is 5.75 Å². The summed E-state index contributed by atoms with van der Waals surface area (Å²) in [6, 6.07) is 2.80. The molecule has 1 aliphatic carbocycles. The van der Waals surface area contributed by atoms with Gasteiger partial charge in [-0.1, -0.05) is 0 Å². The van der Waals surface area contributed by atoms with Crippen molar-refractivity contribution in [2.24, 2.45) is 0 Å². The van der Waals surface area contributed by atoms with Crippen molar-refractivity contribution in [1.29, 1.82) is 0 Å². The minimum absolute atomic E-state index is 0.161. The average Bonchev–Trinajstić information content (AvgIpc) is 3.28. The second-order valence-electron chi connectivity index (χ2n) is 5.32. The minimum atomic E-state index is -5.65. The van der Waals surface area contributed by atoms with E-state index < -0.39 is 18.7 Å². The van der Waals surface area contributed by atoms with Crippen LogP contribution in [-0.4, -0.2) is 28.7 Å². The molecule has 3 nitrogen and oxygen atoms in total. The molecule has 0 radical (unpaired) electrons. The van der Waals surface area contributed by atoms with Crippen LogP contribution in [0.15, 0.2) is 22.9 Å². The second kappa shape index (κ2) is 6.21. The maximum atomic E-state index is 12.8. The molecular formula is C14H10BrF5N2OS. The Hall–Kier alpha value is -1.29. The summed E-state index contributed by atoms with van der Waals surface area (Å²) in [5.74, 6) is -4.59. The summed E-state index contributed by atoms with van der Waals surface area (Å²) in [7, 11) is 0. The van der Waals surface area contributed by atoms with E-state index in [0.29, 0.717) is 16.2 Å². The highest BCUT2D eigenvalue weighted by molar-refractivity contribution is 9.10. The fraction of sp³-hybridized carbons (Fsp3) is 0.429. The molecule has 0 spiro atoms. The second-order valence-corrected chi connectivity index (χ2v) is 7.10. The first-order valence-electron chi connectivity index (χ1n) is 6.87. The SMILES string of the molecule is FC(F)(F)C(F)(F)COc1ccc(-c2sc(C3CC3)nc2Br)nc1. The molecule has 0 atom stereocenters. The van der Waals surface area contributed by atoms with Gasteiger partial charge in [-0.25, -0.2) is 4.98 Å². The molecule has 0 aliphatic heterocycles. The van der Waals surface area contributed by atoms with Crippen molar-refractivity contribution in [2.45, 2.75) is 30.9 Å². The lowest BCUT2D eigenvalue weighted by molar-refractivity contribution is -0.290. The maximum absolute atomic E-state index is 12.8. The summed E-state index contributed by atoms with van der Waals surface area (Å²) >= 11 is 4.83. The van der Waals surface area contributed by atoms with Gasteiger partial charge in [0.1, 0.15) is 10.4 Å². The van der Waals surface area contributed by atoms with E-state index in [0.717, 1.165) is 28.9 Å². The van der Waals surface area contributed by atoms with Gasteiger partial charge in [-0.2, -0.15) is 22.0 Å². The van der Waals surface area contributed by atoms with E-state index in [4.69, 9.17) is 0 Å². The molecule has 2 heterocycles. The van der Waals surface area contributed by atoms with Gasteiger partial charge in [-0.15, -0.1) is 11.3 Å². The minimum Gasteiger partial charge on any atom is -0.485 e. The largest absolute Gasteiger partial charge is 0.485 e. The zero-order chi connectivity index (χ0) is 17.5. The van der Waals surface area contributed by atoms with Gasteiger partial charge in [-0.3, -0.25) is 4.98 Å². The smallest absolute Gasteiger partial charge is 0.456 e. The quantitative estimate of drug-likeness (QED) is 0.596. The van der Waals surface area contributed by atoms with Crippen molar-refractivity contribution < 1.29 is 26.7 Å². The Labute approximate surface area is 146 Å². The molecular weight excluding hydrogens is 419 g/mol. The topological polar surface area (TPSA) is 35.0 Å². The molecule has 130 valence electrons. The molecule has 10 heteroatoms. The van der Waals surface area contributed by atoms with Crippen LogP contribution in [0.25, 0.3) is 10.6 Å². The van der Waals surface area contributed by atoms with E-state index in [1.54, 1.807) is 0 Å². The van der Waals surface area contributed by atoms with Crippen LogP contribution in [0.5, 0.6) is 5.75 Å². The Bertz CT molecular complexity index is 728. The van der Waals surface area contributed by atoms with Crippen molar-refractivity contribution in [1.82, 2.24) is 9.97 Å². The first kappa shape index (κ1) is 17.5. The van der Waals surface area contributed by atoms with Gasteiger partial charge in [0.2, 0.25) is 0 Å². The third kappa shape index (κ3) is 3.69. The van der Waals surface area contributed by atoms with Crippen LogP contribution < -0.4 is 4.74 Å². The van der Waals surface area contributed by atoms with Crippen LogP contribution in [0.1, 0.15) is 23.8 Å². The summed E-state index contributed by atoms with van der Waals surface area (Å²) in [4.78, 5) is 9.24. The van der Waals surface area contributed by atoms with Crippen LogP contribution in [-0.2, 0) is 0 Å². The molecule has 1 fully saturated rings. The Morgan fingerprint density at radius 1 is 1.21 bits per heavy atom. The number of ether oxygens (including phenoxy) is 1. The molecule has 0 bridgehead atoms. The normalized spacial score (nSPS) is 15.6. The van der Waals surface area contributed by atoms with E-state index in [1.165, 1.54) is 23.5 Å². The zero-order valence-corrected chi connectivity index (χ0v) is 14.3. The third-order valence-corrected chi connectivity index (χ3v) is 5.41. The predicted octanol–water partition coefficient (Wildman–Crippen LogP) is 5.42. The molecule has 0 N–H and O–H groups in total. The van der Waals surface area contributed by atoms with Crippen LogP contribution >= 0.6 is 27.3 Å². The van der Waals surface area contributed by atoms with Crippen LogP contribution in [0.3, 0.4) is 0 Å². The van der Waals surface area contributed by atoms with E-state index >= 15 is 0 Å². The van der Waals surface area contributed by atoms with Gasteiger partial charge in [0.05, 0.1) is 21.8 Å². The summed E-state index contributed by atoms with van der Waals surface area (Å²) in [5, 5.41) is 1.00. The Balaban J connectivity index is 1.69. The summed E-state index contributed by atoms with van der Waals surface area (Å²) in [5.41, 5.74) is 0.543. The molecule has 3 rings (SSSR count). The van der Waals surface area contributed by atoms with Crippen LogP contribution in [0.2, 0.25) is 0 Å². The molecule has 0 unspecified atom stereocenters. The van der Waals surface area contributed by atoms with Gasteiger partial charge in [-0.05, 0) is 40.9 Å². The standard InChI is InChI=1S/C14H10BrF5N2OS/c15-11-10(24-12(22-11)7-1-2-7)9-4-3-8(5-21-9)23-6-13(16,17)14(18,19)20/h3-5,7H,1-2,6H2. The van der Waals surface area contributed by atoms with Gasteiger partial charge >= 0.3 is 12.1 Å². The third-order valence-electron chi connectivity index (χ3n) is 3.33. The number of nitrogens with zero attached hydrogens (tertiary/aromatic N) is 2. The van der Waals surface area contributed by atoms with E-state index in [9.17, 15) is 22.0 Å². The zero-order valence-electron chi connectivity index (χ0n) is 11.9. The number of rotatable bonds is 5. The average molecular weight is 429 g/mol. The molecule has 1 aliphatic rings. The highest BCUT2D eigenvalue weighted by Gasteiger charge is 2.58. The molecule has 2 aromatic heterocycles. The number of pyridine rings is 1. The molecule has 1 saturated carbocycles. The van der Waals surface area contributed by atoms with Crippen molar-refractivity contribution in [3.05, 3.63) is 27.9 Å². The molecule has 0 aromatic carbocycles. The van der Waals surface area contributed by atoms with E-state index in [2.05, 4.69) is 30.6 Å². The monoisotopic (exact) mass is 428 g/mol. The van der Waals surface area contributed by atoms with Gasteiger partial charge < -0.3 is 4.74 Å². The van der Waals surface area contributed by atoms with Gasteiger partial charge in [0, 0.05) is 5.92 Å². The highest BCUT2D eigenvalue weighted by atomic mass is 79.9. The maximum Gasteiger partial charge on any atom is 0.456 e. The predicted molar refractivity (Wildman–Crippen MR) is 81.5 cm³/mol. The lowest BCUT2D eigenvalue weighted by Gasteiger charge is -2.19. The van der Waals surface area contributed by atoms with Crippen LogP contribution in [0.4, 0.5) is 22.0 Å². The van der Waals surface area contributed by atoms with Crippen LogP contribution in [0, 0.1) is 0 Å². The number of hydrogen-bond acceptors (Lipinski definition) is 4. The summed E-state index contributed by atoms with van der Waals surface area (Å²) < 4.78 is 67.0. The summed E-state index contributed by atoms with van der Waals surface area (Å²) in [6.45, 7) is -1.78. The van der Waals surface area contributed by atoms with Crippen molar-refractivity contribution in [3.63, 3.8) is 0 Å². The number of hydrogen-bond donors (Lipinski definition) is 0. The van der Waals surface area contributed by atoms with Gasteiger partial charge in [0.15, 0.2) is 6.61 Å². The fourth-order valence-electron chi connectivity index (χ4n) is 1.84. The number of alkyl halides is 5. The Kier molecular flexibility index (Phi) is 4.54. The molecule has 24 heavy (non-hydrogen) atoms. The number of halogens is 6. The molecule has 2 aromatic rings. The lowest BCUT2D eigenvalue weighted by atomic mass is 10.3. The fourth-order valence-corrected chi connectivity index (χ4v) is 3.69. The van der Waals surface area contributed by atoms with E-state index in [1.807, 2.05) is 0 Å². The highest BCUT2D eigenvalue weighted by Crippen LogP contribution is 2.45.